The monoisotopic (exact) mass is 262 g/mol. The van der Waals surface area contributed by atoms with E-state index in [2.05, 4.69) is 31.7 Å². The molecule has 19 heavy (non-hydrogen) atoms. The number of aliphatic hydroxyl groups is 1. The molecule has 1 aromatic heterocycles. The lowest BCUT2D eigenvalue weighted by Gasteiger charge is -2.25. The second kappa shape index (κ2) is 6.38. The number of rotatable bonds is 7. The third-order valence-corrected chi connectivity index (χ3v) is 3.70. The second-order valence-electron chi connectivity index (χ2n) is 5.85. The summed E-state index contributed by atoms with van der Waals surface area (Å²) in [7, 11) is 0. The minimum absolute atomic E-state index is 0.0987. The molecular formula is C16H26N2O. The highest BCUT2D eigenvalue weighted by Gasteiger charge is 2.29. The Bertz CT molecular complexity index is 413. The molecule has 2 rings (SSSR count). The fourth-order valence-electron chi connectivity index (χ4n) is 2.33. The lowest BCUT2D eigenvalue weighted by atomic mass is 10.1. The summed E-state index contributed by atoms with van der Waals surface area (Å²) in [5.74, 6) is 1.46. The molecule has 0 saturated heterocycles. The van der Waals surface area contributed by atoms with Gasteiger partial charge in [-0.05, 0) is 42.9 Å². The fraction of sp³-hybridized carbons (Fsp3) is 0.688. The van der Waals surface area contributed by atoms with Gasteiger partial charge < -0.3 is 10.0 Å². The predicted molar refractivity (Wildman–Crippen MR) is 79.5 cm³/mol. The van der Waals surface area contributed by atoms with Gasteiger partial charge in [-0.3, -0.25) is 0 Å². The molecule has 1 saturated carbocycles. The van der Waals surface area contributed by atoms with Crippen molar-refractivity contribution in [3.05, 3.63) is 23.4 Å². The van der Waals surface area contributed by atoms with Crippen molar-refractivity contribution in [1.29, 1.82) is 0 Å². The van der Waals surface area contributed by atoms with Gasteiger partial charge in [-0.2, -0.15) is 0 Å². The van der Waals surface area contributed by atoms with Crippen LogP contribution < -0.4 is 4.90 Å². The molecule has 1 fully saturated rings. The molecule has 1 aliphatic rings. The van der Waals surface area contributed by atoms with Gasteiger partial charge in [0.05, 0.1) is 6.61 Å². The summed E-state index contributed by atoms with van der Waals surface area (Å²) < 4.78 is 0. The van der Waals surface area contributed by atoms with Crippen molar-refractivity contribution in [3.8, 4) is 0 Å². The van der Waals surface area contributed by atoms with Gasteiger partial charge in [-0.25, -0.2) is 4.98 Å². The van der Waals surface area contributed by atoms with Gasteiger partial charge >= 0.3 is 0 Å². The smallest absolute Gasteiger partial charge is 0.129 e. The van der Waals surface area contributed by atoms with E-state index in [0.717, 1.165) is 23.6 Å². The first-order valence-electron chi connectivity index (χ1n) is 7.54. The first kappa shape index (κ1) is 14.3. The van der Waals surface area contributed by atoms with Crippen LogP contribution in [0.25, 0.3) is 0 Å². The highest BCUT2D eigenvalue weighted by molar-refractivity contribution is 5.45. The summed E-state index contributed by atoms with van der Waals surface area (Å²) in [6, 6.07) is 4.76. The summed E-state index contributed by atoms with van der Waals surface area (Å²) in [5.41, 5.74) is 2.07. The number of anilines is 1. The maximum atomic E-state index is 9.43. The van der Waals surface area contributed by atoms with E-state index >= 15 is 0 Å². The zero-order valence-corrected chi connectivity index (χ0v) is 12.4. The van der Waals surface area contributed by atoms with Crippen molar-refractivity contribution in [3.63, 3.8) is 0 Å². The minimum atomic E-state index is 0.0987. The van der Waals surface area contributed by atoms with E-state index in [-0.39, 0.29) is 6.61 Å². The largest absolute Gasteiger partial charge is 0.392 e. The molecule has 106 valence electrons. The van der Waals surface area contributed by atoms with Crippen LogP contribution in [0.5, 0.6) is 0 Å². The Morgan fingerprint density at radius 3 is 2.63 bits per heavy atom. The van der Waals surface area contributed by atoms with Gasteiger partial charge in [0.15, 0.2) is 0 Å². The Balaban J connectivity index is 2.26. The van der Waals surface area contributed by atoms with Crippen LogP contribution in [-0.2, 0) is 6.61 Å². The van der Waals surface area contributed by atoms with E-state index in [1.807, 2.05) is 6.07 Å². The van der Waals surface area contributed by atoms with E-state index in [0.29, 0.717) is 12.0 Å². The molecule has 0 aliphatic heterocycles. The quantitative estimate of drug-likeness (QED) is 0.817. The number of aliphatic hydroxyl groups excluding tert-OH is 1. The van der Waals surface area contributed by atoms with Crippen LogP contribution in [0.3, 0.4) is 0 Å². The second-order valence-corrected chi connectivity index (χ2v) is 5.85. The van der Waals surface area contributed by atoms with Gasteiger partial charge in [0.25, 0.3) is 0 Å². The van der Waals surface area contributed by atoms with Crippen molar-refractivity contribution in [2.45, 2.75) is 65.0 Å². The number of hydrogen-bond acceptors (Lipinski definition) is 3. The Hall–Kier alpha value is -1.09. The first-order chi connectivity index (χ1) is 9.15. The first-order valence-corrected chi connectivity index (χ1v) is 7.54. The molecule has 1 aliphatic carbocycles. The van der Waals surface area contributed by atoms with Crippen LogP contribution in [0, 0.1) is 0 Å². The van der Waals surface area contributed by atoms with E-state index in [4.69, 9.17) is 4.98 Å². The number of unbranched alkanes of at least 4 members (excludes halogenated alkanes) is 1. The summed E-state index contributed by atoms with van der Waals surface area (Å²) in [6.45, 7) is 7.71. The number of hydrogen-bond donors (Lipinski definition) is 1. The average molecular weight is 262 g/mol. The molecule has 0 radical (unpaired) electrons. The maximum absolute atomic E-state index is 9.43. The molecular weight excluding hydrogens is 236 g/mol. The molecule has 3 heteroatoms. The van der Waals surface area contributed by atoms with Crippen LogP contribution in [0.2, 0.25) is 0 Å². The summed E-state index contributed by atoms with van der Waals surface area (Å²) in [6.07, 6.45) is 4.98. The molecule has 0 spiro atoms. The average Bonchev–Trinajstić information content (AvgIpc) is 3.23. The van der Waals surface area contributed by atoms with E-state index in [9.17, 15) is 5.11 Å². The van der Waals surface area contributed by atoms with Crippen LogP contribution in [0.1, 0.15) is 63.6 Å². The Labute approximate surface area is 116 Å². The SMILES string of the molecule is CCCCN(c1cc(CO)cc(C(C)C)n1)C1CC1. The normalized spacial score (nSPS) is 15.0. The van der Waals surface area contributed by atoms with Crippen molar-refractivity contribution in [2.75, 3.05) is 11.4 Å². The molecule has 0 aromatic carbocycles. The number of aromatic nitrogens is 1. The molecule has 0 amide bonds. The summed E-state index contributed by atoms with van der Waals surface area (Å²) in [4.78, 5) is 7.25. The van der Waals surface area contributed by atoms with E-state index < -0.39 is 0 Å². The summed E-state index contributed by atoms with van der Waals surface area (Å²) >= 11 is 0. The lowest BCUT2D eigenvalue weighted by molar-refractivity contribution is 0.281. The van der Waals surface area contributed by atoms with Gasteiger partial charge in [0.2, 0.25) is 0 Å². The van der Waals surface area contributed by atoms with Gasteiger partial charge in [-0.1, -0.05) is 27.2 Å². The summed E-state index contributed by atoms with van der Waals surface area (Å²) in [5, 5.41) is 9.43. The highest BCUT2D eigenvalue weighted by Crippen LogP contribution is 2.32. The predicted octanol–water partition coefficient (Wildman–Crippen LogP) is 3.47. The van der Waals surface area contributed by atoms with Crippen molar-refractivity contribution in [1.82, 2.24) is 4.98 Å². The molecule has 1 heterocycles. The number of nitrogens with zero attached hydrogens (tertiary/aromatic N) is 2. The Kier molecular flexibility index (Phi) is 4.81. The molecule has 3 nitrogen and oxygen atoms in total. The molecule has 0 atom stereocenters. The van der Waals surface area contributed by atoms with Gasteiger partial charge in [0.1, 0.15) is 5.82 Å². The van der Waals surface area contributed by atoms with Crippen LogP contribution in [-0.4, -0.2) is 22.7 Å². The zero-order chi connectivity index (χ0) is 13.8. The molecule has 1 N–H and O–H groups in total. The molecule has 0 unspecified atom stereocenters. The van der Waals surface area contributed by atoms with Gasteiger partial charge in [0, 0.05) is 18.3 Å². The topological polar surface area (TPSA) is 36.4 Å². The highest BCUT2D eigenvalue weighted by atomic mass is 16.3. The third-order valence-electron chi connectivity index (χ3n) is 3.70. The van der Waals surface area contributed by atoms with Crippen LogP contribution >= 0.6 is 0 Å². The lowest BCUT2D eigenvalue weighted by Crippen LogP contribution is -2.28. The minimum Gasteiger partial charge on any atom is -0.392 e. The van der Waals surface area contributed by atoms with Crippen LogP contribution in [0.4, 0.5) is 5.82 Å². The molecule has 0 bridgehead atoms. The van der Waals surface area contributed by atoms with Gasteiger partial charge in [-0.15, -0.1) is 0 Å². The van der Waals surface area contributed by atoms with Crippen molar-refractivity contribution < 1.29 is 5.11 Å². The van der Waals surface area contributed by atoms with E-state index in [1.165, 1.54) is 25.7 Å². The number of pyridine rings is 1. The maximum Gasteiger partial charge on any atom is 0.129 e. The van der Waals surface area contributed by atoms with E-state index in [1.54, 1.807) is 0 Å². The van der Waals surface area contributed by atoms with Crippen molar-refractivity contribution >= 4 is 5.82 Å². The Morgan fingerprint density at radius 2 is 2.11 bits per heavy atom. The van der Waals surface area contributed by atoms with Crippen molar-refractivity contribution in [2.24, 2.45) is 0 Å². The van der Waals surface area contributed by atoms with Crippen LogP contribution in [0.15, 0.2) is 12.1 Å². The zero-order valence-electron chi connectivity index (χ0n) is 12.4. The fourth-order valence-corrected chi connectivity index (χ4v) is 2.33. The third kappa shape index (κ3) is 3.69. The Morgan fingerprint density at radius 1 is 1.37 bits per heavy atom. The molecule has 1 aromatic rings. The standard InChI is InChI=1S/C16H26N2O/c1-4-5-8-18(14-6-7-14)16-10-13(11-19)9-15(17-16)12(2)3/h9-10,12,14,19H,4-8,11H2,1-3H3.